The molecule has 2 N–H and O–H groups in total. The molecule has 106 valence electrons. The molecular weight excluding hydrogens is 292 g/mol. The summed E-state index contributed by atoms with van der Waals surface area (Å²) in [5.41, 5.74) is 3.37. The van der Waals surface area contributed by atoms with E-state index in [1.807, 2.05) is 30.3 Å². The summed E-state index contributed by atoms with van der Waals surface area (Å²) in [5, 5.41) is 18.1. The van der Waals surface area contributed by atoms with Gasteiger partial charge in [-0.25, -0.2) is 4.68 Å². The van der Waals surface area contributed by atoms with Crippen LogP contribution >= 0.6 is 12.2 Å². The summed E-state index contributed by atoms with van der Waals surface area (Å²) in [5.74, 6) is 0.118. The van der Waals surface area contributed by atoms with E-state index >= 15 is 0 Å². The first-order chi connectivity index (χ1) is 10.2. The molecule has 0 atom stereocenters. The Morgan fingerprint density at radius 2 is 2.14 bits per heavy atom. The lowest BCUT2D eigenvalue weighted by molar-refractivity contribution is -0.118. The normalized spacial score (nSPS) is 10.5. The molecule has 3 rings (SSSR count). The molecule has 0 radical (unpaired) electrons. The molecule has 0 aliphatic heterocycles. The van der Waals surface area contributed by atoms with Gasteiger partial charge in [-0.2, -0.15) is 9.90 Å². The quantitative estimate of drug-likeness (QED) is 0.674. The second-order valence-corrected chi connectivity index (χ2v) is 4.46. The number of nitrogens with zero attached hydrogens (tertiary/aromatic N) is 6. The van der Waals surface area contributed by atoms with Gasteiger partial charge in [0.15, 0.2) is 0 Å². The number of carbonyl (C=O) groups excluding carboxylic acids is 1. The van der Waals surface area contributed by atoms with Crippen molar-refractivity contribution in [3.05, 3.63) is 41.4 Å². The molecule has 0 bridgehead atoms. The number of carbonyl (C=O) groups is 1. The zero-order valence-electron chi connectivity index (χ0n) is 10.7. The van der Waals surface area contributed by atoms with Crippen LogP contribution in [0.2, 0.25) is 0 Å². The van der Waals surface area contributed by atoms with Gasteiger partial charge < -0.3 is 0 Å². The number of amides is 1. The van der Waals surface area contributed by atoms with Gasteiger partial charge >= 0.3 is 0 Å². The van der Waals surface area contributed by atoms with Crippen LogP contribution in [0.25, 0.3) is 11.4 Å². The summed E-state index contributed by atoms with van der Waals surface area (Å²) >= 11 is 4.92. The molecule has 21 heavy (non-hydrogen) atoms. The van der Waals surface area contributed by atoms with Crippen LogP contribution in [0.4, 0.5) is 0 Å². The minimum atomic E-state index is -0.343. The van der Waals surface area contributed by atoms with Crippen molar-refractivity contribution in [2.24, 2.45) is 0 Å². The Hall–Kier alpha value is -2.88. The molecule has 3 aromatic rings. The Kier molecular flexibility index (Phi) is 3.51. The first-order valence-electron chi connectivity index (χ1n) is 5.97. The lowest BCUT2D eigenvalue weighted by Gasteiger charge is -2.03. The smallest absolute Gasteiger partial charge is 0.262 e. The van der Waals surface area contributed by atoms with Gasteiger partial charge in [0, 0.05) is 5.56 Å². The number of aromatic nitrogens is 7. The Labute approximate surface area is 123 Å². The van der Waals surface area contributed by atoms with Gasteiger partial charge in [-0.15, -0.1) is 10.2 Å². The van der Waals surface area contributed by atoms with E-state index < -0.39 is 0 Å². The molecule has 0 fully saturated rings. The number of tetrazole rings is 1. The van der Waals surface area contributed by atoms with Crippen molar-refractivity contribution < 1.29 is 4.79 Å². The van der Waals surface area contributed by atoms with Gasteiger partial charge in [0.2, 0.25) is 10.6 Å². The van der Waals surface area contributed by atoms with Crippen molar-refractivity contribution in [1.82, 2.24) is 35.1 Å². The fraction of sp³-hybridized carbons (Fsp3) is 0.0909. The van der Waals surface area contributed by atoms with Crippen LogP contribution in [0.5, 0.6) is 0 Å². The highest BCUT2D eigenvalue weighted by Gasteiger charge is 2.09. The summed E-state index contributed by atoms with van der Waals surface area (Å²) in [7, 11) is 0. The molecule has 0 spiro atoms. The Bertz CT molecular complexity index is 805. The lowest BCUT2D eigenvalue weighted by atomic mass is 10.2. The van der Waals surface area contributed by atoms with Crippen LogP contribution in [-0.2, 0) is 11.3 Å². The van der Waals surface area contributed by atoms with E-state index in [2.05, 4.69) is 31.0 Å². The van der Waals surface area contributed by atoms with Crippen molar-refractivity contribution in [3.63, 3.8) is 0 Å². The monoisotopic (exact) mass is 302 g/mol. The van der Waals surface area contributed by atoms with E-state index in [1.54, 1.807) is 0 Å². The third-order valence-electron chi connectivity index (χ3n) is 2.57. The molecule has 9 nitrogen and oxygen atoms in total. The predicted molar refractivity (Wildman–Crippen MR) is 75.0 cm³/mol. The van der Waals surface area contributed by atoms with E-state index in [4.69, 9.17) is 12.2 Å². The molecule has 10 heteroatoms. The number of hydrogen-bond donors (Lipinski definition) is 2. The minimum absolute atomic E-state index is 0.0766. The van der Waals surface area contributed by atoms with Crippen LogP contribution in [-0.4, -0.2) is 41.0 Å². The Balaban J connectivity index is 1.69. The molecule has 2 heterocycles. The van der Waals surface area contributed by atoms with Gasteiger partial charge in [-0.3, -0.25) is 15.3 Å². The van der Waals surface area contributed by atoms with Crippen LogP contribution in [0.3, 0.4) is 0 Å². The second kappa shape index (κ2) is 5.63. The van der Waals surface area contributed by atoms with E-state index in [0.717, 1.165) is 5.56 Å². The third kappa shape index (κ3) is 3.00. The highest BCUT2D eigenvalue weighted by atomic mass is 32.1. The van der Waals surface area contributed by atoms with Crippen molar-refractivity contribution in [2.45, 2.75) is 6.54 Å². The highest BCUT2D eigenvalue weighted by Crippen LogP contribution is 2.11. The molecule has 0 unspecified atom stereocenters. The van der Waals surface area contributed by atoms with Crippen LogP contribution in [0.15, 0.2) is 36.7 Å². The maximum absolute atomic E-state index is 11.8. The number of aromatic amines is 1. The van der Waals surface area contributed by atoms with Crippen molar-refractivity contribution in [1.29, 1.82) is 0 Å². The summed E-state index contributed by atoms with van der Waals surface area (Å²) in [6.45, 7) is -0.0766. The highest BCUT2D eigenvalue weighted by molar-refractivity contribution is 7.71. The zero-order valence-corrected chi connectivity index (χ0v) is 11.5. The van der Waals surface area contributed by atoms with Gasteiger partial charge in [0.05, 0.1) is 0 Å². The second-order valence-electron chi connectivity index (χ2n) is 4.08. The molecule has 1 amide bonds. The fourth-order valence-corrected chi connectivity index (χ4v) is 1.78. The minimum Gasteiger partial charge on any atom is -0.271 e. The first-order valence-corrected chi connectivity index (χ1v) is 6.38. The van der Waals surface area contributed by atoms with Crippen LogP contribution in [0.1, 0.15) is 0 Å². The summed E-state index contributed by atoms with van der Waals surface area (Å²) in [6.07, 6.45) is 1.37. The van der Waals surface area contributed by atoms with Gasteiger partial charge in [0.1, 0.15) is 12.9 Å². The largest absolute Gasteiger partial charge is 0.271 e. The van der Waals surface area contributed by atoms with E-state index in [0.29, 0.717) is 10.6 Å². The zero-order chi connectivity index (χ0) is 14.7. The van der Waals surface area contributed by atoms with E-state index in [9.17, 15) is 4.79 Å². The summed E-state index contributed by atoms with van der Waals surface area (Å²) < 4.78 is 1.59. The standard InChI is InChI=1S/C11H10N8OS/c20-9(15-18-7-12-14-11(18)21)6-19-16-10(13-17-19)8-4-2-1-3-5-8/h1-5,7H,6H2,(H,14,21)(H,15,20). The average molecular weight is 302 g/mol. The molecule has 0 saturated carbocycles. The summed E-state index contributed by atoms with van der Waals surface area (Å²) in [4.78, 5) is 13.0. The molecule has 1 aromatic carbocycles. The van der Waals surface area contributed by atoms with Gasteiger partial charge in [-0.05, 0) is 17.4 Å². The third-order valence-corrected chi connectivity index (χ3v) is 2.86. The number of H-pyrrole nitrogens is 1. The van der Waals surface area contributed by atoms with Gasteiger partial charge in [-0.1, -0.05) is 30.3 Å². The molecule has 0 saturated heterocycles. The maximum Gasteiger partial charge on any atom is 0.262 e. The molecule has 0 aliphatic carbocycles. The predicted octanol–water partition coefficient (Wildman–Crippen LogP) is 0.364. The average Bonchev–Trinajstić information content (AvgIpc) is 3.10. The number of hydrogen-bond acceptors (Lipinski definition) is 6. The lowest BCUT2D eigenvalue weighted by Crippen LogP contribution is -2.27. The van der Waals surface area contributed by atoms with Crippen molar-refractivity contribution in [3.8, 4) is 11.4 Å². The van der Waals surface area contributed by atoms with Crippen molar-refractivity contribution >= 4 is 18.1 Å². The molecule has 0 aliphatic rings. The SMILES string of the molecule is O=C(Cn1nnc(-c2ccccc2)n1)Nn1cn[nH]c1=S. The number of benzene rings is 1. The number of nitrogens with one attached hydrogen (secondary N) is 2. The van der Waals surface area contributed by atoms with Crippen LogP contribution < -0.4 is 5.43 Å². The van der Waals surface area contributed by atoms with E-state index in [1.165, 1.54) is 15.8 Å². The summed E-state index contributed by atoms with van der Waals surface area (Å²) in [6, 6.07) is 9.39. The number of rotatable bonds is 4. The molecular formula is C11H10N8OS. The molecule has 2 aromatic heterocycles. The van der Waals surface area contributed by atoms with E-state index in [-0.39, 0.29) is 12.5 Å². The first kappa shape index (κ1) is 13.1. The Morgan fingerprint density at radius 3 is 2.86 bits per heavy atom. The fourth-order valence-electron chi connectivity index (χ4n) is 1.64. The maximum atomic E-state index is 11.8. The Morgan fingerprint density at radius 1 is 1.33 bits per heavy atom. The van der Waals surface area contributed by atoms with Crippen LogP contribution in [0, 0.1) is 4.77 Å². The van der Waals surface area contributed by atoms with Gasteiger partial charge in [0.25, 0.3) is 5.91 Å². The topological polar surface area (TPSA) is 106 Å². The van der Waals surface area contributed by atoms with Crippen molar-refractivity contribution in [2.75, 3.05) is 5.43 Å².